The molecule has 2 aromatic rings. The lowest BCUT2D eigenvalue weighted by molar-refractivity contribution is -0.0602. The van der Waals surface area contributed by atoms with Crippen molar-refractivity contribution < 1.29 is 9.53 Å². The van der Waals surface area contributed by atoms with Crippen molar-refractivity contribution >= 4 is 22.0 Å². The molecule has 1 heterocycles. The maximum absolute atomic E-state index is 12.9. The van der Waals surface area contributed by atoms with E-state index in [1.165, 1.54) is 0 Å². The van der Waals surface area contributed by atoms with Crippen molar-refractivity contribution in [3.05, 3.63) is 82.3 Å². The van der Waals surface area contributed by atoms with E-state index in [1.54, 1.807) is 0 Å². The Morgan fingerprint density at radius 1 is 1.23 bits per heavy atom. The third-order valence-corrected chi connectivity index (χ3v) is 5.51. The Morgan fingerprint density at radius 3 is 2.46 bits per heavy atom. The van der Waals surface area contributed by atoms with Crippen molar-refractivity contribution in [2.45, 2.75) is 38.3 Å². The van der Waals surface area contributed by atoms with Crippen LogP contribution in [0.5, 0.6) is 0 Å². The number of carbonyl (C=O) groups is 1. The predicted molar refractivity (Wildman–Crippen MR) is 108 cm³/mol. The standard InChI is InChI=1S/C22H24BrNO2/c1-16(2)15-22(19-7-5-4-6-8-19)13-14-24(21(25)26-22)17(3)18-9-11-20(23)12-10-18/h4-12,17H,1,13-15H2,2-3H3/t17-,22+/m0/s1. The van der Waals surface area contributed by atoms with Crippen molar-refractivity contribution in [3.8, 4) is 0 Å². The first kappa shape index (κ1) is 18.7. The van der Waals surface area contributed by atoms with E-state index in [4.69, 9.17) is 4.74 Å². The van der Waals surface area contributed by atoms with E-state index in [1.807, 2.05) is 73.3 Å². The van der Waals surface area contributed by atoms with Crippen LogP contribution in [-0.2, 0) is 10.3 Å². The van der Waals surface area contributed by atoms with Crippen LogP contribution in [-0.4, -0.2) is 17.5 Å². The number of ether oxygens (including phenoxy) is 1. The molecule has 1 saturated heterocycles. The molecule has 4 heteroatoms. The number of benzene rings is 2. The highest BCUT2D eigenvalue weighted by Crippen LogP contribution is 2.41. The highest BCUT2D eigenvalue weighted by Gasteiger charge is 2.43. The first-order valence-electron chi connectivity index (χ1n) is 8.86. The molecule has 0 radical (unpaired) electrons. The van der Waals surface area contributed by atoms with Crippen molar-refractivity contribution in [2.75, 3.05) is 6.54 Å². The van der Waals surface area contributed by atoms with E-state index in [2.05, 4.69) is 22.5 Å². The van der Waals surface area contributed by atoms with Crippen molar-refractivity contribution in [2.24, 2.45) is 0 Å². The first-order valence-corrected chi connectivity index (χ1v) is 9.65. The van der Waals surface area contributed by atoms with Gasteiger partial charge in [-0.3, -0.25) is 0 Å². The quantitative estimate of drug-likeness (QED) is 0.544. The monoisotopic (exact) mass is 413 g/mol. The van der Waals surface area contributed by atoms with Crippen LogP contribution in [0.2, 0.25) is 0 Å². The van der Waals surface area contributed by atoms with Crippen LogP contribution in [0.3, 0.4) is 0 Å². The van der Waals surface area contributed by atoms with Crippen LogP contribution in [0.4, 0.5) is 4.79 Å². The van der Waals surface area contributed by atoms with Gasteiger partial charge >= 0.3 is 6.09 Å². The third-order valence-electron chi connectivity index (χ3n) is 4.98. The second-order valence-electron chi connectivity index (χ2n) is 7.03. The molecule has 2 aromatic carbocycles. The summed E-state index contributed by atoms with van der Waals surface area (Å²) in [5.74, 6) is 0. The summed E-state index contributed by atoms with van der Waals surface area (Å²) < 4.78 is 7.09. The van der Waals surface area contributed by atoms with Gasteiger partial charge in [-0.1, -0.05) is 70.5 Å². The maximum atomic E-state index is 12.9. The van der Waals surface area contributed by atoms with Crippen molar-refractivity contribution in [3.63, 3.8) is 0 Å². The molecule has 1 aliphatic rings. The molecule has 26 heavy (non-hydrogen) atoms. The Labute approximate surface area is 163 Å². The van der Waals surface area contributed by atoms with Crippen LogP contribution in [0.25, 0.3) is 0 Å². The fourth-order valence-corrected chi connectivity index (χ4v) is 3.87. The molecule has 3 nitrogen and oxygen atoms in total. The zero-order chi connectivity index (χ0) is 18.7. The molecule has 136 valence electrons. The molecule has 0 aromatic heterocycles. The SMILES string of the molecule is C=C(C)C[C@@]1(c2ccccc2)CCN([C@@H](C)c2ccc(Br)cc2)C(=O)O1. The van der Waals surface area contributed by atoms with E-state index in [0.717, 1.165) is 27.6 Å². The largest absolute Gasteiger partial charge is 0.437 e. The molecular formula is C22H24BrNO2. The lowest BCUT2D eigenvalue weighted by Crippen LogP contribution is -2.48. The molecule has 1 aliphatic heterocycles. The van der Waals surface area contributed by atoms with E-state index in [0.29, 0.717) is 13.0 Å². The number of amides is 1. The summed E-state index contributed by atoms with van der Waals surface area (Å²) in [4.78, 5) is 14.7. The number of halogens is 1. The molecule has 2 atom stereocenters. The maximum Gasteiger partial charge on any atom is 0.411 e. The first-order chi connectivity index (χ1) is 12.4. The Kier molecular flexibility index (Phi) is 5.52. The van der Waals surface area contributed by atoms with Crippen LogP contribution in [0.15, 0.2) is 71.2 Å². The molecule has 0 spiro atoms. The fraction of sp³-hybridized carbons (Fsp3) is 0.318. The zero-order valence-corrected chi connectivity index (χ0v) is 16.8. The molecule has 0 N–H and O–H groups in total. The normalized spacial score (nSPS) is 21.2. The summed E-state index contributed by atoms with van der Waals surface area (Å²) in [6.07, 6.45) is 1.12. The molecule has 1 amide bonds. The lowest BCUT2D eigenvalue weighted by Gasteiger charge is -2.43. The Hall–Kier alpha value is -2.07. The van der Waals surface area contributed by atoms with E-state index >= 15 is 0 Å². The molecule has 0 saturated carbocycles. The van der Waals surface area contributed by atoms with Crippen molar-refractivity contribution in [1.29, 1.82) is 0 Å². The molecule has 3 rings (SSSR count). The predicted octanol–water partition coefficient (Wildman–Crippen LogP) is 6.21. The minimum Gasteiger partial charge on any atom is -0.437 e. The molecular weight excluding hydrogens is 390 g/mol. The van der Waals surface area contributed by atoms with Gasteiger partial charge in [0, 0.05) is 23.9 Å². The average Bonchev–Trinajstić information content (AvgIpc) is 2.62. The zero-order valence-electron chi connectivity index (χ0n) is 15.2. The van der Waals surface area contributed by atoms with Gasteiger partial charge in [0.1, 0.15) is 5.60 Å². The Bertz CT molecular complexity index is 788. The smallest absolute Gasteiger partial charge is 0.411 e. The third kappa shape index (κ3) is 3.85. The highest BCUT2D eigenvalue weighted by molar-refractivity contribution is 9.10. The van der Waals surface area contributed by atoms with Crippen LogP contribution < -0.4 is 0 Å². The van der Waals surface area contributed by atoms with Gasteiger partial charge in [0.25, 0.3) is 0 Å². The summed E-state index contributed by atoms with van der Waals surface area (Å²) >= 11 is 3.45. The van der Waals surface area contributed by atoms with Gasteiger partial charge in [-0.25, -0.2) is 4.79 Å². The van der Waals surface area contributed by atoms with Gasteiger partial charge in [-0.15, -0.1) is 0 Å². The minimum absolute atomic E-state index is 0.0331. The summed E-state index contributed by atoms with van der Waals surface area (Å²) in [6.45, 7) is 8.72. The molecule has 1 fully saturated rings. The fourth-order valence-electron chi connectivity index (χ4n) is 3.60. The van der Waals surface area contributed by atoms with Gasteiger partial charge in [0.05, 0.1) is 6.04 Å². The molecule has 0 bridgehead atoms. The van der Waals surface area contributed by atoms with Gasteiger partial charge < -0.3 is 9.64 Å². The number of carbonyl (C=O) groups excluding carboxylic acids is 1. The van der Waals surface area contributed by atoms with Crippen LogP contribution in [0.1, 0.15) is 43.9 Å². The summed E-state index contributed by atoms with van der Waals surface area (Å²) in [5, 5.41) is 0. The Morgan fingerprint density at radius 2 is 1.88 bits per heavy atom. The summed E-state index contributed by atoms with van der Waals surface area (Å²) in [7, 11) is 0. The number of rotatable bonds is 5. The highest BCUT2D eigenvalue weighted by atomic mass is 79.9. The van der Waals surface area contributed by atoms with E-state index in [9.17, 15) is 4.79 Å². The number of nitrogens with zero attached hydrogens (tertiary/aromatic N) is 1. The second kappa shape index (κ2) is 7.67. The van der Waals surface area contributed by atoms with Gasteiger partial charge in [-0.05, 0) is 37.1 Å². The Balaban J connectivity index is 1.84. The number of hydrogen-bond donors (Lipinski definition) is 0. The van der Waals surface area contributed by atoms with Crippen LogP contribution >= 0.6 is 15.9 Å². The van der Waals surface area contributed by atoms with E-state index in [-0.39, 0.29) is 12.1 Å². The van der Waals surface area contributed by atoms with Gasteiger partial charge in [-0.2, -0.15) is 0 Å². The minimum atomic E-state index is -0.625. The van der Waals surface area contributed by atoms with Gasteiger partial charge in [0.2, 0.25) is 0 Å². The summed E-state index contributed by atoms with van der Waals surface area (Å²) in [5.41, 5.74) is 2.51. The topological polar surface area (TPSA) is 29.5 Å². The number of cyclic esters (lactones) is 1. The van der Waals surface area contributed by atoms with Gasteiger partial charge in [0.15, 0.2) is 0 Å². The lowest BCUT2D eigenvalue weighted by atomic mass is 9.83. The van der Waals surface area contributed by atoms with E-state index < -0.39 is 5.60 Å². The molecule has 0 unspecified atom stereocenters. The number of hydrogen-bond acceptors (Lipinski definition) is 2. The van der Waals surface area contributed by atoms with Crippen molar-refractivity contribution in [1.82, 2.24) is 4.90 Å². The second-order valence-corrected chi connectivity index (χ2v) is 7.95. The van der Waals surface area contributed by atoms with Crippen LogP contribution in [0, 0.1) is 0 Å². The molecule has 0 aliphatic carbocycles. The average molecular weight is 414 g/mol. The summed E-state index contributed by atoms with van der Waals surface area (Å²) in [6, 6.07) is 18.0.